The highest BCUT2D eigenvalue weighted by molar-refractivity contribution is 5.88. The third-order valence-corrected chi connectivity index (χ3v) is 2.38. The Hall–Kier alpha value is -2.37. The molecule has 2 rings (SSSR count). The quantitative estimate of drug-likeness (QED) is 0.826. The van der Waals surface area contributed by atoms with E-state index in [4.69, 9.17) is 10.5 Å². The smallest absolute Gasteiger partial charge is 0.341 e. The lowest BCUT2D eigenvalue weighted by molar-refractivity contribution is 0.0526. The van der Waals surface area contributed by atoms with Gasteiger partial charge in [0.1, 0.15) is 0 Å². The molecule has 0 aliphatic carbocycles. The van der Waals surface area contributed by atoms with E-state index in [0.29, 0.717) is 23.7 Å². The molecule has 0 fully saturated rings. The highest BCUT2D eigenvalue weighted by Crippen LogP contribution is 2.14. The number of ether oxygens (including phenoxy) is 1. The van der Waals surface area contributed by atoms with Crippen LogP contribution < -0.4 is 5.73 Å². The van der Waals surface area contributed by atoms with Crippen LogP contribution in [0.1, 0.15) is 22.8 Å². The van der Waals surface area contributed by atoms with Gasteiger partial charge in [-0.1, -0.05) is 0 Å². The Morgan fingerprint density at radius 2 is 2.28 bits per heavy atom. The number of nitrogens with two attached hydrogens (primary N) is 1. The van der Waals surface area contributed by atoms with Gasteiger partial charge < -0.3 is 10.5 Å². The van der Waals surface area contributed by atoms with E-state index in [1.165, 1.54) is 10.9 Å². The standard InChI is InChI=1S/C12H14N4O2/c1-3-18-12(17)9-5-15-16(7-9)11-8(2)4-10(13)6-14-11/h4-7H,3,13H2,1-2H3. The van der Waals surface area contributed by atoms with Gasteiger partial charge in [0, 0.05) is 6.20 Å². The van der Waals surface area contributed by atoms with Crippen LogP contribution in [0.4, 0.5) is 5.69 Å². The van der Waals surface area contributed by atoms with Crippen molar-refractivity contribution in [3.05, 3.63) is 35.8 Å². The second kappa shape index (κ2) is 4.87. The summed E-state index contributed by atoms with van der Waals surface area (Å²) in [5.41, 5.74) is 7.50. The van der Waals surface area contributed by atoms with Crippen LogP contribution in [0.15, 0.2) is 24.7 Å². The highest BCUT2D eigenvalue weighted by atomic mass is 16.5. The van der Waals surface area contributed by atoms with Crippen molar-refractivity contribution in [3.63, 3.8) is 0 Å². The van der Waals surface area contributed by atoms with Crippen LogP contribution in [-0.4, -0.2) is 27.3 Å². The Labute approximate surface area is 104 Å². The highest BCUT2D eigenvalue weighted by Gasteiger charge is 2.11. The first kappa shape index (κ1) is 12.1. The molecule has 6 heteroatoms. The second-order valence-corrected chi connectivity index (χ2v) is 3.80. The van der Waals surface area contributed by atoms with Crippen LogP contribution in [0.2, 0.25) is 0 Å². The number of anilines is 1. The van der Waals surface area contributed by atoms with Crippen molar-refractivity contribution in [1.82, 2.24) is 14.8 Å². The number of esters is 1. The molecule has 0 bridgehead atoms. The maximum atomic E-state index is 11.5. The van der Waals surface area contributed by atoms with Crippen molar-refractivity contribution >= 4 is 11.7 Å². The van der Waals surface area contributed by atoms with Crippen molar-refractivity contribution in [2.75, 3.05) is 12.3 Å². The molecular formula is C12H14N4O2. The zero-order valence-electron chi connectivity index (χ0n) is 10.3. The molecule has 6 nitrogen and oxygen atoms in total. The van der Waals surface area contributed by atoms with E-state index in [9.17, 15) is 4.79 Å². The summed E-state index contributed by atoms with van der Waals surface area (Å²) in [6.07, 6.45) is 4.59. The van der Waals surface area contributed by atoms with Gasteiger partial charge in [-0.05, 0) is 25.5 Å². The summed E-state index contributed by atoms with van der Waals surface area (Å²) >= 11 is 0. The molecule has 0 atom stereocenters. The van der Waals surface area contributed by atoms with Crippen molar-refractivity contribution in [2.24, 2.45) is 0 Å². The molecule has 0 saturated carbocycles. The van der Waals surface area contributed by atoms with E-state index in [1.54, 1.807) is 25.4 Å². The van der Waals surface area contributed by atoms with Gasteiger partial charge in [0.05, 0.1) is 30.3 Å². The number of hydrogen-bond acceptors (Lipinski definition) is 5. The van der Waals surface area contributed by atoms with Gasteiger partial charge in [-0.2, -0.15) is 5.10 Å². The molecule has 2 aromatic heterocycles. The Bertz CT molecular complexity index is 577. The van der Waals surface area contributed by atoms with Crippen molar-refractivity contribution in [3.8, 4) is 5.82 Å². The van der Waals surface area contributed by atoms with E-state index >= 15 is 0 Å². The van der Waals surface area contributed by atoms with E-state index in [1.807, 2.05) is 6.92 Å². The first-order chi connectivity index (χ1) is 8.61. The van der Waals surface area contributed by atoms with E-state index in [2.05, 4.69) is 10.1 Å². The fourth-order valence-corrected chi connectivity index (χ4v) is 1.59. The number of nitrogen functional groups attached to an aromatic ring is 1. The molecular weight excluding hydrogens is 232 g/mol. The molecule has 2 N–H and O–H groups in total. The van der Waals surface area contributed by atoms with Crippen LogP contribution in [-0.2, 0) is 4.74 Å². The average Bonchev–Trinajstić information content (AvgIpc) is 2.78. The van der Waals surface area contributed by atoms with E-state index < -0.39 is 5.97 Å². The number of hydrogen-bond donors (Lipinski definition) is 1. The largest absolute Gasteiger partial charge is 0.462 e. The lowest BCUT2D eigenvalue weighted by atomic mass is 10.2. The predicted molar refractivity (Wildman–Crippen MR) is 66.5 cm³/mol. The van der Waals surface area contributed by atoms with Gasteiger partial charge in [-0.15, -0.1) is 0 Å². The minimum Gasteiger partial charge on any atom is -0.462 e. The Morgan fingerprint density at radius 3 is 2.94 bits per heavy atom. The number of aromatic nitrogens is 3. The molecule has 0 radical (unpaired) electrons. The first-order valence-corrected chi connectivity index (χ1v) is 5.56. The van der Waals surface area contributed by atoms with E-state index in [0.717, 1.165) is 5.56 Å². The van der Waals surface area contributed by atoms with E-state index in [-0.39, 0.29) is 0 Å². The van der Waals surface area contributed by atoms with Gasteiger partial charge in [-0.3, -0.25) is 0 Å². The number of nitrogens with zero attached hydrogens (tertiary/aromatic N) is 3. The van der Waals surface area contributed by atoms with Gasteiger partial charge in [0.25, 0.3) is 0 Å². The first-order valence-electron chi connectivity index (χ1n) is 5.56. The second-order valence-electron chi connectivity index (χ2n) is 3.80. The summed E-state index contributed by atoms with van der Waals surface area (Å²) in [6, 6.07) is 1.80. The zero-order valence-corrected chi connectivity index (χ0v) is 10.3. The maximum Gasteiger partial charge on any atom is 0.341 e. The molecule has 0 spiro atoms. The van der Waals surface area contributed by atoms with Gasteiger partial charge in [-0.25, -0.2) is 14.5 Å². The summed E-state index contributed by atoms with van der Waals surface area (Å²) in [5.74, 6) is 0.247. The minimum atomic E-state index is -0.392. The fourth-order valence-electron chi connectivity index (χ4n) is 1.59. The van der Waals surface area contributed by atoms with Gasteiger partial charge in [0.2, 0.25) is 0 Å². The molecule has 2 aromatic rings. The number of aryl methyl sites for hydroxylation is 1. The Balaban J connectivity index is 2.32. The van der Waals surface area contributed by atoms with Crippen molar-refractivity contribution in [2.45, 2.75) is 13.8 Å². The number of carbonyl (C=O) groups is 1. The molecule has 0 aliphatic heterocycles. The van der Waals surface area contributed by atoms with Crippen LogP contribution in [0.5, 0.6) is 0 Å². The van der Waals surface area contributed by atoms with Crippen LogP contribution in [0, 0.1) is 6.92 Å². The number of rotatable bonds is 3. The maximum absolute atomic E-state index is 11.5. The minimum absolute atomic E-state index is 0.336. The van der Waals surface area contributed by atoms with Crippen LogP contribution in [0.25, 0.3) is 5.82 Å². The third kappa shape index (κ3) is 2.32. The topological polar surface area (TPSA) is 83.0 Å². The monoisotopic (exact) mass is 246 g/mol. The summed E-state index contributed by atoms with van der Waals surface area (Å²) < 4.78 is 6.42. The van der Waals surface area contributed by atoms with Crippen LogP contribution >= 0.6 is 0 Å². The summed E-state index contributed by atoms with van der Waals surface area (Å²) in [5, 5.41) is 4.09. The van der Waals surface area contributed by atoms with Gasteiger partial charge >= 0.3 is 5.97 Å². The molecule has 0 aliphatic rings. The lowest BCUT2D eigenvalue weighted by Gasteiger charge is -2.04. The molecule has 0 saturated heterocycles. The normalized spacial score (nSPS) is 10.3. The Morgan fingerprint density at radius 1 is 1.50 bits per heavy atom. The van der Waals surface area contributed by atoms with Crippen molar-refractivity contribution < 1.29 is 9.53 Å². The molecule has 0 unspecified atom stereocenters. The Kier molecular flexibility index (Phi) is 3.27. The number of carbonyl (C=O) groups excluding carboxylic acids is 1. The summed E-state index contributed by atoms with van der Waals surface area (Å²) in [4.78, 5) is 15.7. The molecule has 0 aromatic carbocycles. The molecule has 0 amide bonds. The molecule has 94 valence electrons. The zero-order chi connectivity index (χ0) is 13.1. The average molecular weight is 246 g/mol. The summed E-state index contributed by atoms with van der Waals surface area (Å²) in [6.45, 7) is 3.97. The third-order valence-electron chi connectivity index (χ3n) is 2.38. The SMILES string of the molecule is CCOC(=O)c1cnn(-c2ncc(N)cc2C)c1. The summed E-state index contributed by atoms with van der Waals surface area (Å²) in [7, 11) is 0. The predicted octanol–water partition coefficient (Wildman–Crippen LogP) is 1.33. The molecule has 18 heavy (non-hydrogen) atoms. The van der Waals surface area contributed by atoms with Crippen LogP contribution in [0.3, 0.4) is 0 Å². The molecule has 2 heterocycles. The fraction of sp³-hybridized carbons (Fsp3) is 0.250. The van der Waals surface area contributed by atoms with Crippen molar-refractivity contribution in [1.29, 1.82) is 0 Å². The number of pyridine rings is 1. The lowest BCUT2D eigenvalue weighted by Crippen LogP contribution is -2.04. The van der Waals surface area contributed by atoms with Gasteiger partial charge in [0.15, 0.2) is 5.82 Å².